The maximum atomic E-state index is 12.7. The summed E-state index contributed by atoms with van der Waals surface area (Å²) < 4.78 is 4.99. The van der Waals surface area contributed by atoms with E-state index in [1.165, 1.54) is 17.6 Å². The van der Waals surface area contributed by atoms with Crippen LogP contribution in [0.1, 0.15) is 52.0 Å². The Bertz CT molecular complexity index is 842. The molecule has 0 unspecified atom stereocenters. The van der Waals surface area contributed by atoms with Crippen LogP contribution in [0.15, 0.2) is 30.3 Å². The van der Waals surface area contributed by atoms with E-state index in [-0.39, 0.29) is 23.7 Å². The summed E-state index contributed by atoms with van der Waals surface area (Å²) in [5.74, 6) is 0.549. The van der Waals surface area contributed by atoms with Gasteiger partial charge in [-0.15, -0.1) is 11.3 Å². The SMILES string of the molecule is COC(=O)c1c(NC(=O)[C@@H]2C[C@H]2c2ccccc2)sc2c1CC[C@H](C)C2. The molecule has 3 atom stereocenters. The molecule has 0 saturated heterocycles. The van der Waals surface area contributed by atoms with E-state index < -0.39 is 0 Å². The van der Waals surface area contributed by atoms with Gasteiger partial charge in [0.25, 0.3) is 0 Å². The van der Waals surface area contributed by atoms with Gasteiger partial charge in [-0.3, -0.25) is 4.79 Å². The lowest BCUT2D eigenvalue weighted by Crippen LogP contribution is -2.17. The molecule has 1 heterocycles. The average Bonchev–Trinajstić information content (AvgIpc) is 3.38. The standard InChI is InChI=1S/C21H23NO3S/c1-12-8-9-14-17(10-12)26-20(18(14)21(24)25-2)22-19(23)16-11-15(16)13-6-4-3-5-7-13/h3-7,12,15-16H,8-11H2,1-2H3,(H,22,23)/t12-,15-,16+/m0/s1. The zero-order valence-electron chi connectivity index (χ0n) is 15.1. The van der Waals surface area contributed by atoms with Crippen molar-refractivity contribution in [2.45, 2.75) is 38.5 Å². The molecule has 2 aliphatic rings. The molecule has 0 bridgehead atoms. The minimum Gasteiger partial charge on any atom is -0.465 e. The van der Waals surface area contributed by atoms with Crippen molar-refractivity contribution in [3.63, 3.8) is 0 Å². The van der Waals surface area contributed by atoms with E-state index in [9.17, 15) is 9.59 Å². The van der Waals surface area contributed by atoms with Crippen molar-refractivity contribution in [2.24, 2.45) is 11.8 Å². The van der Waals surface area contributed by atoms with Gasteiger partial charge in [-0.25, -0.2) is 4.79 Å². The predicted octanol–water partition coefficient (Wildman–Crippen LogP) is 4.40. The first-order valence-electron chi connectivity index (χ1n) is 9.17. The minimum absolute atomic E-state index is 0.00986. The van der Waals surface area contributed by atoms with Crippen LogP contribution in [0.4, 0.5) is 5.00 Å². The van der Waals surface area contributed by atoms with Crippen molar-refractivity contribution < 1.29 is 14.3 Å². The largest absolute Gasteiger partial charge is 0.465 e. The van der Waals surface area contributed by atoms with Crippen LogP contribution in [-0.2, 0) is 22.4 Å². The Kier molecular flexibility index (Phi) is 4.57. The molecule has 5 heteroatoms. The highest BCUT2D eigenvalue weighted by Crippen LogP contribution is 2.48. The van der Waals surface area contributed by atoms with Crippen molar-refractivity contribution in [2.75, 3.05) is 12.4 Å². The Morgan fingerprint density at radius 1 is 1.23 bits per heavy atom. The number of thiophene rings is 1. The van der Waals surface area contributed by atoms with E-state index in [0.717, 1.165) is 31.2 Å². The number of hydrogen-bond acceptors (Lipinski definition) is 4. The number of esters is 1. The van der Waals surface area contributed by atoms with E-state index in [1.807, 2.05) is 18.2 Å². The molecule has 4 nitrogen and oxygen atoms in total. The third-order valence-electron chi connectivity index (χ3n) is 5.49. The minimum atomic E-state index is -0.345. The number of carbonyl (C=O) groups excluding carboxylic acids is 2. The number of methoxy groups -OCH3 is 1. The fraction of sp³-hybridized carbons (Fsp3) is 0.429. The van der Waals surface area contributed by atoms with Gasteiger partial charge >= 0.3 is 5.97 Å². The van der Waals surface area contributed by atoms with Gasteiger partial charge in [-0.1, -0.05) is 37.3 Å². The normalized spacial score (nSPS) is 23.8. The van der Waals surface area contributed by atoms with Crippen molar-refractivity contribution in [3.8, 4) is 0 Å². The summed E-state index contributed by atoms with van der Waals surface area (Å²) in [5.41, 5.74) is 2.86. The van der Waals surface area contributed by atoms with E-state index in [1.54, 1.807) is 11.3 Å². The van der Waals surface area contributed by atoms with Crippen LogP contribution in [0.3, 0.4) is 0 Å². The molecule has 26 heavy (non-hydrogen) atoms. The number of amides is 1. The van der Waals surface area contributed by atoms with Gasteiger partial charge in [0.2, 0.25) is 5.91 Å². The molecule has 0 aliphatic heterocycles. The molecule has 1 aromatic carbocycles. The highest BCUT2D eigenvalue weighted by molar-refractivity contribution is 7.17. The highest BCUT2D eigenvalue weighted by Gasteiger charge is 2.44. The number of nitrogens with one attached hydrogen (secondary N) is 1. The molecule has 2 aromatic rings. The molecule has 4 rings (SSSR count). The molecule has 136 valence electrons. The van der Waals surface area contributed by atoms with Crippen LogP contribution in [0.2, 0.25) is 0 Å². The van der Waals surface area contributed by atoms with Crippen LogP contribution < -0.4 is 5.32 Å². The Morgan fingerprint density at radius 3 is 2.73 bits per heavy atom. The summed E-state index contributed by atoms with van der Waals surface area (Å²) in [6.45, 7) is 2.23. The zero-order valence-corrected chi connectivity index (χ0v) is 15.9. The van der Waals surface area contributed by atoms with E-state index in [2.05, 4.69) is 24.4 Å². The first kappa shape index (κ1) is 17.3. The second kappa shape index (κ2) is 6.88. The molecule has 1 fully saturated rings. The van der Waals surface area contributed by atoms with E-state index in [0.29, 0.717) is 16.5 Å². The predicted molar refractivity (Wildman–Crippen MR) is 103 cm³/mol. The fourth-order valence-corrected chi connectivity index (χ4v) is 5.32. The maximum absolute atomic E-state index is 12.7. The van der Waals surface area contributed by atoms with Gasteiger partial charge in [-0.2, -0.15) is 0 Å². The Morgan fingerprint density at radius 2 is 2.00 bits per heavy atom. The molecular weight excluding hydrogens is 346 g/mol. The number of anilines is 1. The fourth-order valence-electron chi connectivity index (χ4n) is 3.91. The van der Waals surface area contributed by atoms with Crippen LogP contribution in [0.5, 0.6) is 0 Å². The van der Waals surface area contributed by atoms with E-state index >= 15 is 0 Å². The molecule has 0 radical (unpaired) electrons. The summed E-state index contributed by atoms with van der Waals surface area (Å²) in [7, 11) is 1.40. The lowest BCUT2D eigenvalue weighted by atomic mass is 9.88. The number of fused-ring (bicyclic) bond motifs is 1. The monoisotopic (exact) mass is 369 g/mol. The Hall–Kier alpha value is -2.14. The second-order valence-corrected chi connectivity index (χ2v) is 8.50. The lowest BCUT2D eigenvalue weighted by molar-refractivity contribution is -0.117. The van der Waals surface area contributed by atoms with Gasteiger partial charge in [0.15, 0.2) is 0 Å². The van der Waals surface area contributed by atoms with Crippen molar-refractivity contribution in [3.05, 3.63) is 51.9 Å². The van der Waals surface area contributed by atoms with Crippen LogP contribution in [0.25, 0.3) is 0 Å². The van der Waals surface area contributed by atoms with Crippen LogP contribution in [-0.4, -0.2) is 19.0 Å². The number of hydrogen-bond donors (Lipinski definition) is 1. The summed E-state index contributed by atoms with van der Waals surface area (Å²) in [6, 6.07) is 10.1. The molecule has 2 aliphatic carbocycles. The van der Waals surface area contributed by atoms with Gasteiger partial charge < -0.3 is 10.1 Å². The number of ether oxygens (including phenoxy) is 1. The van der Waals surface area contributed by atoms with Crippen molar-refractivity contribution in [1.82, 2.24) is 0 Å². The summed E-state index contributed by atoms with van der Waals surface area (Å²) >= 11 is 1.55. The van der Waals surface area contributed by atoms with Gasteiger partial charge in [-0.05, 0) is 48.6 Å². The molecule has 0 spiro atoms. The zero-order chi connectivity index (χ0) is 18.3. The smallest absolute Gasteiger partial charge is 0.341 e. The van der Waals surface area contributed by atoms with Gasteiger partial charge in [0.05, 0.1) is 12.7 Å². The van der Waals surface area contributed by atoms with Crippen LogP contribution in [0, 0.1) is 11.8 Å². The Labute approximate surface area is 157 Å². The van der Waals surface area contributed by atoms with Crippen molar-refractivity contribution >= 4 is 28.2 Å². The third kappa shape index (κ3) is 3.16. The second-order valence-electron chi connectivity index (χ2n) is 7.40. The quantitative estimate of drug-likeness (QED) is 0.813. The molecule has 1 amide bonds. The first-order valence-corrected chi connectivity index (χ1v) is 9.98. The third-order valence-corrected chi connectivity index (χ3v) is 6.66. The average molecular weight is 369 g/mol. The molecule has 1 N–H and O–H groups in total. The van der Waals surface area contributed by atoms with Gasteiger partial charge in [0.1, 0.15) is 5.00 Å². The Balaban J connectivity index is 1.55. The summed E-state index contributed by atoms with van der Waals surface area (Å²) in [6.07, 6.45) is 3.78. The molecule has 1 aromatic heterocycles. The number of benzene rings is 1. The number of rotatable bonds is 4. The van der Waals surface area contributed by atoms with Gasteiger partial charge in [0, 0.05) is 10.8 Å². The summed E-state index contributed by atoms with van der Waals surface area (Å²) in [5, 5.41) is 3.70. The molecule has 1 saturated carbocycles. The highest BCUT2D eigenvalue weighted by atomic mass is 32.1. The first-order chi connectivity index (χ1) is 12.6. The van der Waals surface area contributed by atoms with E-state index in [4.69, 9.17) is 4.74 Å². The summed E-state index contributed by atoms with van der Waals surface area (Å²) in [4.78, 5) is 26.3. The van der Waals surface area contributed by atoms with Crippen molar-refractivity contribution in [1.29, 1.82) is 0 Å². The molecular formula is C21H23NO3S. The maximum Gasteiger partial charge on any atom is 0.341 e. The topological polar surface area (TPSA) is 55.4 Å². The van der Waals surface area contributed by atoms with Crippen LogP contribution >= 0.6 is 11.3 Å². The lowest BCUT2D eigenvalue weighted by Gasteiger charge is -2.18. The number of carbonyl (C=O) groups is 2.